The highest BCUT2D eigenvalue weighted by Gasteiger charge is 2.11. The molecule has 0 aliphatic carbocycles. The summed E-state index contributed by atoms with van der Waals surface area (Å²) in [5.41, 5.74) is 6.00. The lowest BCUT2D eigenvalue weighted by atomic mass is 10.4. The molecular weight excluding hydrogens is 232 g/mol. The van der Waals surface area contributed by atoms with Gasteiger partial charge in [0.1, 0.15) is 17.3 Å². The highest BCUT2D eigenvalue weighted by Crippen LogP contribution is 2.21. The van der Waals surface area contributed by atoms with E-state index in [1.165, 1.54) is 7.11 Å². The van der Waals surface area contributed by atoms with Gasteiger partial charge in [-0.1, -0.05) is 11.6 Å². The zero-order valence-electron chi connectivity index (χ0n) is 8.48. The van der Waals surface area contributed by atoms with E-state index in [-0.39, 0.29) is 23.6 Å². The second kappa shape index (κ2) is 3.97. The van der Waals surface area contributed by atoms with E-state index in [0.717, 1.165) is 0 Å². The standard InChI is InChI=1S/C9H9ClN4O2/c1-16-6(15)4-14-3-2-5-7(10)12-9(11)13-8(5)14/h2-3H,4H2,1H3,(H2,11,12,13). The molecule has 2 N–H and O–H groups in total. The smallest absolute Gasteiger partial charge is 0.325 e. The first-order valence-corrected chi connectivity index (χ1v) is 4.84. The molecule has 0 saturated heterocycles. The van der Waals surface area contributed by atoms with Crippen molar-refractivity contribution in [2.24, 2.45) is 0 Å². The average Bonchev–Trinajstić information content (AvgIpc) is 2.61. The summed E-state index contributed by atoms with van der Waals surface area (Å²) >= 11 is 5.89. The molecule has 0 aromatic carbocycles. The normalized spacial score (nSPS) is 10.6. The number of carbonyl (C=O) groups is 1. The van der Waals surface area contributed by atoms with Crippen molar-refractivity contribution in [1.29, 1.82) is 0 Å². The first-order valence-electron chi connectivity index (χ1n) is 4.46. The second-order valence-electron chi connectivity index (χ2n) is 3.13. The molecule has 0 unspecified atom stereocenters. The molecule has 2 rings (SSSR count). The number of nitrogens with two attached hydrogens (primary N) is 1. The van der Waals surface area contributed by atoms with Gasteiger partial charge >= 0.3 is 5.97 Å². The number of methoxy groups -OCH3 is 1. The monoisotopic (exact) mass is 240 g/mol. The summed E-state index contributed by atoms with van der Waals surface area (Å²) in [4.78, 5) is 19.0. The zero-order chi connectivity index (χ0) is 11.7. The number of hydrogen-bond acceptors (Lipinski definition) is 5. The van der Waals surface area contributed by atoms with Crippen LogP contribution in [0.4, 0.5) is 5.95 Å². The molecule has 0 aliphatic rings. The first kappa shape index (κ1) is 10.7. The highest BCUT2D eigenvalue weighted by molar-refractivity contribution is 6.34. The minimum atomic E-state index is -0.370. The molecule has 0 saturated carbocycles. The number of fused-ring (bicyclic) bond motifs is 1. The molecular formula is C9H9ClN4O2. The number of nitrogens with zero attached hydrogens (tertiary/aromatic N) is 3. The van der Waals surface area contributed by atoms with Crippen LogP contribution in [0, 0.1) is 0 Å². The SMILES string of the molecule is COC(=O)Cn1ccc2c(Cl)nc(N)nc21. The van der Waals surface area contributed by atoms with Gasteiger partial charge in [-0.05, 0) is 6.07 Å². The number of halogens is 1. The summed E-state index contributed by atoms with van der Waals surface area (Å²) < 4.78 is 6.17. The Morgan fingerprint density at radius 1 is 1.62 bits per heavy atom. The number of rotatable bonds is 2. The Hall–Kier alpha value is -1.82. The van der Waals surface area contributed by atoms with E-state index in [1.807, 2.05) is 0 Å². The molecule has 0 spiro atoms. The van der Waals surface area contributed by atoms with Crippen molar-refractivity contribution in [3.05, 3.63) is 17.4 Å². The predicted octanol–water partition coefficient (Wildman–Crippen LogP) is 0.840. The van der Waals surface area contributed by atoms with Gasteiger partial charge in [0, 0.05) is 6.20 Å². The molecule has 2 heterocycles. The maximum atomic E-state index is 11.1. The van der Waals surface area contributed by atoms with Crippen LogP contribution in [0.5, 0.6) is 0 Å². The van der Waals surface area contributed by atoms with Crippen LogP contribution in [0.2, 0.25) is 5.15 Å². The number of hydrogen-bond donors (Lipinski definition) is 1. The number of esters is 1. The van der Waals surface area contributed by atoms with Crippen molar-refractivity contribution < 1.29 is 9.53 Å². The second-order valence-corrected chi connectivity index (χ2v) is 3.49. The minimum absolute atomic E-state index is 0.0623. The summed E-state index contributed by atoms with van der Waals surface area (Å²) in [6.45, 7) is 0.0623. The molecule has 0 amide bonds. The lowest BCUT2D eigenvalue weighted by molar-refractivity contribution is -0.141. The zero-order valence-corrected chi connectivity index (χ0v) is 9.23. The van der Waals surface area contributed by atoms with Crippen molar-refractivity contribution in [2.45, 2.75) is 6.54 Å². The molecule has 0 fully saturated rings. The van der Waals surface area contributed by atoms with Crippen molar-refractivity contribution in [3.8, 4) is 0 Å². The Morgan fingerprint density at radius 3 is 3.06 bits per heavy atom. The van der Waals surface area contributed by atoms with Crippen LogP contribution in [0.15, 0.2) is 12.3 Å². The Labute approximate surface area is 96.0 Å². The van der Waals surface area contributed by atoms with E-state index >= 15 is 0 Å². The quantitative estimate of drug-likeness (QED) is 0.621. The van der Waals surface area contributed by atoms with E-state index < -0.39 is 0 Å². The molecule has 7 heteroatoms. The summed E-state index contributed by atoms with van der Waals surface area (Å²) in [5.74, 6) is -0.298. The first-order chi connectivity index (χ1) is 7.61. The number of ether oxygens (including phenoxy) is 1. The summed E-state index contributed by atoms with van der Waals surface area (Å²) in [5, 5.41) is 0.922. The van der Waals surface area contributed by atoms with E-state index in [2.05, 4.69) is 14.7 Å². The Kier molecular flexibility index (Phi) is 2.66. The summed E-state index contributed by atoms with van der Waals surface area (Å²) in [7, 11) is 1.32. The molecule has 0 atom stereocenters. The van der Waals surface area contributed by atoms with Gasteiger partial charge in [-0.25, -0.2) is 4.98 Å². The van der Waals surface area contributed by atoms with Gasteiger partial charge in [-0.3, -0.25) is 4.79 Å². The van der Waals surface area contributed by atoms with Crippen molar-refractivity contribution in [2.75, 3.05) is 12.8 Å². The van der Waals surface area contributed by atoms with Crippen molar-refractivity contribution in [3.63, 3.8) is 0 Å². The van der Waals surface area contributed by atoms with Gasteiger partial charge in [0.15, 0.2) is 0 Å². The van der Waals surface area contributed by atoms with Crippen LogP contribution >= 0.6 is 11.6 Å². The minimum Gasteiger partial charge on any atom is -0.468 e. The number of anilines is 1. The lowest BCUT2D eigenvalue weighted by Crippen LogP contribution is -2.11. The van der Waals surface area contributed by atoms with Crippen LogP contribution in [-0.2, 0) is 16.1 Å². The molecule has 0 aliphatic heterocycles. The van der Waals surface area contributed by atoms with Gasteiger partial charge in [0.05, 0.1) is 12.5 Å². The molecule has 2 aromatic rings. The van der Waals surface area contributed by atoms with Gasteiger partial charge in [0.2, 0.25) is 5.95 Å². The average molecular weight is 241 g/mol. The largest absolute Gasteiger partial charge is 0.468 e. The van der Waals surface area contributed by atoms with E-state index in [4.69, 9.17) is 17.3 Å². The number of aromatic nitrogens is 3. The highest BCUT2D eigenvalue weighted by atomic mass is 35.5. The fourth-order valence-electron chi connectivity index (χ4n) is 1.38. The van der Waals surface area contributed by atoms with E-state index in [9.17, 15) is 4.79 Å². The fourth-order valence-corrected chi connectivity index (χ4v) is 1.61. The van der Waals surface area contributed by atoms with Gasteiger partial charge < -0.3 is 15.0 Å². The third-order valence-electron chi connectivity index (χ3n) is 2.12. The van der Waals surface area contributed by atoms with Gasteiger partial charge in [-0.2, -0.15) is 4.98 Å². The molecule has 0 bridgehead atoms. The van der Waals surface area contributed by atoms with Crippen LogP contribution in [-0.4, -0.2) is 27.6 Å². The Balaban J connectivity index is 2.51. The third-order valence-corrected chi connectivity index (χ3v) is 2.40. The molecule has 2 aromatic heterocycles. The molecule has 0 radical (unpaired) electrons. The van der Waals surface area contributed by atoms with E-state index in [1.54, 1.807) is 16.8 Å². The van der Waals surface area contributed by atoms with E-state index in [0.29, 0.717) is 11.0 Å². The maximum Gasteiger partial charge on any atom is 0.325 e. The molecule has 6 nitrogen and oxygen atoms in total. The maximum absolute atomic E-state index is 11.1. The van der Waals surface area contributed by atoms with Gasteiger partial charge in [0.25, 0.3) is 0 Å². The topological polar surface area (TPSA) is 83.0 Å². The fraction of sp³-hybridized carbons (Fsp3) is 0.222. The van der Waals surface area contributed by atoms with Crippen LogP contribution in [0.1, 0.15) is 0 Å². The summed E-state index contributed by atoms with van der Waals surface area (Å²) in [6.07, 6.45) is 1.68. The molecule has 16 heavy (non-hydrogen) atoms. The summed E-state index contributed by atoms with van der Waals surface area (Å²) in [6, 6.07) is 1.72. The van der Waals surface area contributed by atoms with Crippen LogP contribution in [0.3, 0.4) is 0 Å². The number of nitrogen functional groups attached to an aromatic ring is 1. The Morgan fingerprint density at radius 2 is 2.38 bits per heavy atom. The third kappa shape index (κ3) is 1.79. The van der Waals surface area contributed by atoms with Crippen LogP contribution < -0.4 is 5.73 Å². The van der Waals surface area contributed by atoms with Crippen molar-refractivity contribution >= 4 is 34.6 Å². The van der Waals surface area contributed by atoms with Gasteiger partial charge in [-0.15, -0.1) is 0 Å². The molecule has 84 valence electrons. The lowest BCUT2D eigenvalue weighted by Gasteiger charge is -2.03. The Bertz CT molecular complexity index is 552. The predicted molar refractivity (Wildman–Crippen MR) is 59.0 cm³/mol. The van der Waals surface area contributed by atoms with Crippen molar-refractivity contribution in [1.82, 2.24) is 14.5 Å². The van der Waals surface area contributed by atoms with Crippen LogP contribution in [0.25, 0.3) is 11.0 Å². The number of carbonyl (C=O) groups excluding carboxylic acids is 1.